The van der Waals surface area contributed by atoms with Crippen LogP contribution in [0.2, 0.25) is 0 Å². The predicted molar refractivity (Wildman–Crippen MR) is 115 cm³/mol. The van der Waals surface area contributed by atoms with E-state index in [1.807, 2.05) is 66.5 Å². The number of imidazole rings is 1. The number of aromatic amines is 1. The van der Waals surface area contributed by atoms with E-state index >= 15 is 0 Å². The first kappa shape index (κ1) is 18.8. The lowest BCUT2D eigenvalue weighted by molar-refractivity contribution is -0.117. The van der Waals surface area contributed by atoms with Gasteiger partial charge in [0.1, 0.15) is 5.82 Å². The first-order valence-corrected chi connectivity index (χ1v) is 9.52. The minimum atomic E-state index is -0.0687. The molecule has 0 atom stereocenters. The molecule has 0 radical (unpaired) electrons. The van der Waals surface area contributed by atoms with E-state index in [1.165, 1.54) is 5.56 Å². The number of carbonyl (C=O) groups is 1. The number of anilines is 1. The van der Waals surface area contributed by atoms with Gasteiger partial charge in [-0.05, 0) is 55.9 Å². The van der Waals surface area contributed by atoms with Gasteiger partial charge in [-0.25, -0.2) is 4.98 Å². The van der Waals surface area contributed by atoms with E-state index in [1.54, 1.807) is 6.20 Å². The molecule has 0 saturated carbocycles. The molecule has 4 aromatic rings. The second-order valence-corrected chi connectivity index (χ2v) is 7.23. The number of carbonyl (C=O) groups excluding carboxylic acids is 1. The maximum absolute atomic E-state index is 12.4. The highest BCUT2D eigenvalue weighted by molar-refractivity contribution is 5.93. The van der Waals surface area contributed by atoms with Crippen LogP contribution < -0.4 is 5.32 Å². The maximum Gasteiger partial charge on any atom is 0.238 e. The van der Waals surface area contributed by atoms with Crippen molar-refractivity contribution in [3.05, 3.63) is 78.1 Å². The van der Waals surface area contributed by atoms with Crippen molar-refractivity contribution < 1.29 is 4.79 Å². The summed E-state index contributed by atoms with van der Waals surface area (Å²) in [7, 11) is 1.90. The van der Waals surface area contributed by atoms with Crippen LogP contribution in [0.5, 0.6) is 0 Å². The van der Waals surface area contributed by atoms with Crippen molar-refractivity contribution in [2.75, 3.05) is 18.9 Å². The van der Waals surface area contributed by atoms with Crippen LogP contribution in [-0.2, 0) is 11.3 Å². The Morgan fingerprint density at radius 2 is 2.00 bits per heavy atom. The number of hydrogen-bond acceptors (Lipinski definition) is 4. The van der Waals surface area contributed by atoms with Crippen molar-refractivity contribution in [3.8, 4) is 11.4 Å². The van der Waals surface area contributed by atoms with Crippen LogP contribution >= 0.6 is 0 Å². The maximum atomic E-state index is 12.4. The van der Waals surface area contributed by atoms with Crippen LogP contribution in [0, 0.1) is 6.92 Å². The summed E-state index contributed by atoms with van der Waals surface area (Å²) in [6.07, 6.45) is 1.76. The van der Waals surface area contributed by atoms with Gasteiger partial charge in [-0.2, -0.15) is 0 Å². The summed E-state index contributed by atoms with van der Waals surface area (Å²) >= 11 is 0. The summed E-state index contributed by atoms with van der Waals surface area (Å²) in [5.74, 6) is 0.717. The quantitative estimate of drug-likeness (QED) is 0.526. The number of rotatable bonds is 6. The number of aromatic nitrogens is 3. The third-order valence-electron chi connectivity index (χ3n) is 4.63. The normalized spacial score (nSPS) is 11.1. The zero-order chi connectivity index (χ0) is 20.2. The van der Waals surface area contributed by atoms with Crippen molar-refractivity contribution in [2.24, 2.45) is 0 Å². The van der Waals surface area contributed by atoms with E-state index in [4.69, 9.17) is 0 Å². The van der Waals surface area contributed by atoms with E-state index in [0.29, 0.717) is 6.54 Å². The standard InChI is InChI=1S/C23H23N5O/c1-16-9-10-20-21(12-16)27-23(26-20)17-6-5-8-18(13-17)25-22(29)15-28(2)14-19-7-3-4-11-24-19/h3-13H,14-15H2,1-2H3,(H,25,29)(H,26,27). The number of likely N-dealkylation sites (N-methyl/N-ethyl adjacent to an activating group) is 1. The Balaban J connectivity index is 1.43. The zero-order valence-electron chi connectivity index (χ0n) is 16.5. The number of aryl methyl sites for hydroxylation is 1. The van der Waals surface area contributed by atoms with Crippen molar-refractivity contribution in [1.29, 1.82) is 0 Å². The van der Waals surface area contributed by atoms with Gasteiger partial charge in [0.05, 0.1) is 23.3 Å². The number of nitrogens with zero attached hydrogens (tertiary/aromatic N) is 3. The van der Waals surface area contributed by atoms with Crippen LogP contribution in [0.4, 0.5) is 5.69 Å². The fourth-order valence-corrected chi connectivity index (χ4v) is 3.27. The highest BCUT2D eigenvalue weighted by atomic mass is 16.2. The minimum Gasteiger partial charge on any atom is -0.338 e. The third-order valence-corrected chi connectivity index (χ3v) is 4.63. The minimum absolute atomic E-state index is 0.0687. The van der Waals surface area contributed by atoms with Gasteiger partial charge in [-0.15, -0.1) is 0 Å². The number of nitrogens with one attached hydrogen (secondary N) is 2. The molecule has 0 aliphatic carbocycles. The summed E-state index contributed by atoms with van der Waals surface area (Å²) in [6.45, 7) is 2.96. The molecule has 0 fully saturated rings. The van der Waals surface area contributed by atoms with Crippen LogP contribution in [0.25, 0.3) is 22.4 Å². The number of benzene rings is 2. The predicted octanol–water partition coefficient (Wildman–Crippen LogP) is 4.00. The number of H-pyrrole nitrogens is 1. The molecular weight excluding hydrogens is 362 g/mol. The van der Waals surface area contributed by atoms with Gasteiger partial charge in [0, 0.05) is 24.0 Å². The number of amides is 1. The van der Waals surface area contributed by atoms with E-state index in [0.717, 1.165) is 33.8 Å². The smallest absolute Gasteiger partial charge is 0.238 e. The molecule has 0 unspecified atom stereocenters. The molecule has 6 heteroatoms. The average molecular weight is 385 g/mol. The van der Waals surface area contributed by atoms with Crippen molar-refractivity contribution in [1.82, 2.24) is 19.9 Å². The van der Waals surface area contributed by atoms with E-state index < -0.39 is 0 Å². The molecule has 0 aliphatic rings. The molecule has 2 aromatic heterocycles. The molecule has 1 amide bonds. The highest BCUT2D eigenvalue weighted by Crippen LogP contribution is 2.23. The number of fused-ring (bicyclic) bond motifs is 1. The van der Waals surface area contributed by atoms with Crippen molar-refractivity contribution >= 4 is 22.6 Å². The van der Waals surface area contributed by atoms with Crippen molar-refractivity contribution in [2.45, 2.75) is 13.5 Å². The molecule has 2 aromatic carbocycles. The Morgan fingerprint density at radius 3 is 2.83 bits per heavy atom. The van der Waals surface area contributed by atoms with Gasteiger partial charge in [0.15, 0.2) is 0 Å². The summed E-state index contributed by atoms with van der Waals surface area (Å²) < 4.78 is 0. The van der Waals surface area contributed by atoms with Gasteiger partial charge >= 0.3 is 0 Å². The SMILES string of the molecule is Cc1ccc2nc(-c3cccc(NC(=O)CN(C)Cc4ccccn4)c3)[nH]c2c1. The Labute approximate surface area is 169 Å². The molecule has 0 spiro atoms. The molecule has 4 rings (SSSR count). The molecule has 29 heavy (non-hydrogen) atoms. The van der Waals surface area contributed by atoms with Crippen LogP contribution in [0.15, 0.2) is 66.9 Å². The monoisotopic (exact) mass is 385 g/mol. The lowest BCUT2D eigenvalue weighted by Crippen LogP contribution is -2.30. The second kappa shape index (κ2) is 8.24. The van der Waals surface area contributed by atoms with E-state index in [2.05, 4.69) is 33.3 Å². The summed E-state index contributed by atoms with van der Waals surface area (Å²) in [4.78, 5) is 26.7. The average Bonchev–Trinajstić information content (AvgIpc) is 3.12. The Bertz CT molecular complexity index is 1140. The Morgan fingerprint density at radius 1 is 1.10 bits per heavy atom. The Hall–Kier alpha value is -3.51. The first-order valence-electron chi connectivity index (χ1n) is 9.52. The largest absolute Gasteiger partial charge is 0.338 e. The molecule has 0 bridgehead atoms. The second-order valence-electron chi connectivity index (χ2n) is 7.23. The molecule has 146 valence electrons. The highest BCUT2D eigenvalue weighted by Gasteiger charge is 2.10. The summed E-state index contributed by atoms with van der Waals surface area (Å²) in [5.41, 5.74) is 5.73. The molecule has 2 N–H and O–H groups in total. The molecular formula is C23H23N5O. The van der Waals surface area contributed by atoms with Gasteiger partial charge < -0.3 is 10.3 Å². The van der Waals surface area contributed by atoms with Gasteiger partial charge in [-0.3, -0.25) is 14.7 Å². The van der Waals surface area contributed by atoms with Crippen LogP contribution in [-0.4, -0.2) is 39.4 Å². The first-order chi connectivity index (χ1) is 14.1. The topological polar surface area (TPSA) is 73.9 Å². The van der Waals surface area contributed by atoms with Crippen LogP contribution in [0.1, 0.15) is 11.3 Å². The van der Waals surface area contributed by atoms with Crippen molar-refractivity contribution in [3.63, 3.8) is 0 Å². The third kappa shape index (κ3) is 4.67. The lowest BCUT2D eigenvalue weighted by Gasteiger charge is -2.16. The number of pyridine rings is 1. The van der Waals surface area contributed by atoms with Gasteiger partial charge in [0.25, 0.3) is 0 Å². The lowest BCUT2D eigenvalue weighted by atomic mass is 10.2. The molecule has 0 saturated heterocycles. The van der Waals surface area contributed by atoms with Gasteiger partial charge in [0.2, 0.25) is 5.91 Å². The fourth-order valence-electron chi connectivity index (χ4n) is 3.27. The molecule has 0 aliphatic heterocycles. The molecule has 2 heterocycles. The van der Waals surface area contributed by atoms with E-state index in [-0.39, 0.29) is 12.5 Å². The number of hydrogen-bond donors (Lipinski definition) is 2. The van der Waals surface area contributed by atoms with Crippen LogP contribution in [0.3, 0.4) is 0 Å². The Kier molecular flexibility index (Phi) is 5.35. The summed E-state index contributed by atoms with van der Waals surface area (Å²) in [6, 6.07) is 19.6. The zero-order valence-corrected chi connectivity index (χ0v) is 16.5. The van der Waals surface area contributed by atoms with Gasteiger partial charge in [-0.1, -0.05) is 24.3 Å². The fraction of sp³-hybridized carbons (Fsp3) is 0.174. The summed E-state index contributed by atoms with van der Waals surface area (Å²) in [5, 5.41) is 2.97. The van der Waals surface area contributed by atoms with E-state index in [9.17, 15) is 4.79 Å². The molecule has 6 nitrogen and oxygen atoms in total.